The zero-order valence-electron chi connectivity index (χ0n) is 10.6. The van der Waals surface area contributed by atoms with Crippen molar-refractivity contribution in [2.75, 3.05) is 0 Å². The topological polar surface area (TPSA) is 46.4 Å². The summed E-state index contributed by atoms with van der Waals surface area (Å²) in [5.41, 5.74) is 1.57. The number of nitrogens with zero attached hydrogens (tertiary/aromatic N) is 2. The van der Waals surface area contributed by atoms with Gasteiger partial charge in [-0.15, -0.1) is 0 Å². The molecule has 1 N–H and O–H groups in total. The minimum Gasteiger partial charge on any atom is -0.346 e. The lowest BCUT2D eigenvalue weighted by Gasteiger charge is -2.03. The van der Waals surface area contributed by atoms with Crippen LogP contribution in [0, 0.1) is 5.82 Å². The van der Waals surface area contributed by atoms with E-state index in [1.807, 2.05) is 35.0 Å². The average molecular weight is 269 g/mol. The first-order valence-corrected chi connectivity index (χ1v) is 6.19. The number of carbonyl (C=O) groups is 1. The van der Waals surface area contributed by atoms with Gasteiger partial charge in [0, 0.05) is 12.4 Å². The van der Waals surface area contributed by atoms with E-state index in [2.05, 4.69) is 10.3 Å². The van der Waals surface area contributed by atoms with Crippen molar-refractivity contribution in [3.63, 3.8) is 0 Å². The maximum atomic E-state index is 13.5. The Morgan fingerprint density at radius 2 is 2.00 bits per heavy atom. The monoisotopic (exact) mass is 269 g/mol. The van der Waals surface area contributed by atoms with Crippen molar-refractivity contribution in [2.45, 2.75) is 6.54 Å². The summed E-state index contributed by atoms with van der Waals surface area (Å²) in [7, 11) is 0. The van der Waals surface area contributed by atoms with E-state index in [0.29, 0.717) is 0 Å². The molecule has 0 bridgehead atoms. The van der Waals surface area contributed by atoms with Crippen molar-refractivity contribution in [3.05, 3.63) is 71.9 Å². The third-order valence-electron chi connectivity index (χ3n) is 2.96. The van der Waals surface area contributed by atoms with Crippen LogP contribution in [0.15, 0.2) is 54.9 Å². The first-order chi connectivity index (χ1) is 9.74. The minimum absolute atomic E-state index is 0.0382. The molecular formula is C15H12FN3O. The van der Waals surface area contributed by atoms with Gasteiger partial charge in [0.15, 0.2) is 0 Å². The molecule has 2 heterocycles. The summed E-state index contributed by atoms with van der Waals surface area (Å²) < 4.78 is 15.3. The molecule has 0 aliphatic rings. The van der Waals surface area contributed by atoms with Gasteiger partial charge in [0.2, 0.25) is 0 Å². The van der Waals surface area contributed by atoms with Gasteiger partial charge < -0.3 is 9.72 Å². The molecule has 0 radical (unpaired) electrons. The Morgan fingerprint density at radius 3 is 2.80 bits per heavy atom. The quantitative estimate of drug-likeness (QED) is 0.793. The number of rotatable bonds is 3. The van der Waals surface area contributed by atoms with Gasteiger partial charge in [0.25, 0.3) is 5.91 Å². The van der Waals surface area contributed by atoms with Crippen LogP contribution in [-0.2, 0) is 6.54 Å². The van der Waals surface area contributed by atoms with Gasteiger partial charge in [-0.25, -0.2) is 9.37 Å². The highest BCUT2D eigenvalue weighted by Gasteiger charge is 2.10. The molecule has 2 aromatic heterocycles. The molecule has 0 fully saturated rings. The van der Waals surface area contributed by atoms with E-state index in [4.69, 9.17) is 0 Å². The van der Waals surface area contributed by atoms with Crippen LogP contribution in [0.4, 0.5) is 4.39 Å². The summed E-state index contributed by atoms with van der Waals surface area (Å²) >= 11 is 0. The first-order valence-electron chi connectivity index (χ1n) is 6.19. The van der Waals surface area contributed by atoms with Crippen LogP contribution in [0.25, 0.3) is 5.65 Å². The highest BCUT2D eigenvalue weighted by Crippen LogP contribution is 2.07. The lowest BCUT2D eigenvalue weighted by molar-refractivity contribution is 0.0946. The summed E-state index contributed by atoms with van der Waals surface area (Å²) in [6.45, 7) is 0.259. The molecule has 1 amide bonds. The second kappa shape index (κ2) is 5.13. The Bertz CT molecular complexity index is 733. The molecule has 0 saturated carbocycles. The van der Waals surface area contributed by atoms with Gasteiger partial charge in [-0.1, -0.05) is 18.2 Å². The molecule has 100 valence electrons. The van der Waals surface area contributed by atoms with Crippen LogP contribution in [0.3, 0.4) is 0 Å². The number of nitrogens with one attached hydrogen (secondary N) is 1. The van der Waals surface area contributed by atoms with Crippen LogP contribution in [0.5, 0.6) is 0 Å². The standard InChI is InChI=1S/C15H12FN3O/c16-13-6-2-1-5-12(13)15(20)17-9-11-10-19-8-4-3-7-14(19)18-11/h1-8,10H,9H2,(H,17,20). The van der Waals surface area contributed by atoms with E-state index < -0.39 is 11.7 Å². The number of hydrogen-bond donors (Lipinski definition) is 1. The maximum absolute atomic E-state index is 13.5. The molecular weight excluding hydrogens is 257 g/mol. The van der Waals surface area contributed by atoms with Crippen LogP contribution < -0.4 is 5.32 Å². The largest absolute Gasteiger partial charge is 0.346 e. The number of pyridine rings is 1. The fraction of sp³-hybridized carbons (Fsp3) is 0.0667. The van der Waals surface area contributed by atoms with E-state index in [1.54, 1.807) is 12.1 Å². The van der Waals surface area contributed by atoms with Crippen molar-refractivity contribution in [1.82, 2.24) is 14.7 Å². The average Bonchev–Trinajstić information content (AvgIpc) is 2.88. The summed E-state index contributed by atoms with van der Waals surface area (Å²) in [4.78, 5) is 16.2. The maximum Gasteiger partial charge on any atom is 0.254 e. The van der Waals surface area contributed by atoms with Crippen molar-refractivity contribution in [1.29, 1.82) is 0 Å². The first kappa shape index (κ1) is 12.3. The molecule has 0 saturated heterocycles. The van der Waals surface area contributed by atoms with E-state index in [-0.39, 0.29) is 12.1 Å². The van der Waals surface area contributed by atoms with Gasteiger partial charge in [-0.2, -0.15) is 0 Å². The van der Waals surface area contributed by atoms with E-state index >= 15 is 0 Å². The highest BCUT2D eigenvalue weighted by atomic mass is 19.1. The molecule has 0 aliphatic heterocycles. The fourth-order valence-corrected chi connectivity index (χ4v) is 1.98. The highest BCUT2D eigenvalue weighted by molar-refractivity contribution is 5.94. The second-order valence-electron chi connectivity index (χ2n) is 4.36. The number of benzene rings is 1. The van der Waals surface area contributed by atoms with Gasteiger partial charge >= 0.3 is 0 Å². The van der Waals surface area contributed by atoms with Gasteiger partial charge in [-0.3, -0.25) is 4.79 Å². The molecule has 0 spiro atoms. The number of hydrogen-bond acceptors (Lipinski definition) is 2. The molecule has 0 atom stereocenters. The molecule has 0 unspecified atom stereocenters. The number of fused-ring (bicyclic) bond motifs is 1. The van der Waals surface area contributed by atoms with Crippen molar-refractivity contribution in [3.8, 4) is 0 Å². The van der Waals surface area contributed by atoms with Gasteiger partial charge in [0.05, 0.1) is 17.8 Å². The van der Waals surface area contributed by atoms with Crippen LogP contribution in [0.1, 0.15) is 16.1 Å². The lowest BCUT2D eigenvalue weighted by Crippen LogP contribution is -2.23. The second-order valence-corrected chi connectivity index (χ2v) is 4.36. The Labute approximate surface area is 114 Å². The molecule has 5 heteroatoms. The van der Waals surface area contributed by atoms with E-state index in [9.17, 15) is 9.18 Å². The predicted molar refractivity (Wildman–Crippen MR) is 72.8 cm³/mol. The van der Waals surface area contributed by atoms with Crippen LogP contribution >= 0.6 is 0 Å². The zero-order valence-corrected chi connectivity index (χ0v) is 10.6. The Morgan fingerprint density at radius 1 is 1.20 bits per heavy atom. The number of carbonyl (C=O) groups excluding carboxylic acids is 1. The number of halogens is 1. The summed E-state index contributed by atoms with van der Waals surface area (Å²) in [5, 5.41) is 2.66. The number of aromatic nitrogens is 2. The number of imidazole rings is 1. The molecule has 3 aromatic rings. The van der Waals surface area contributed by atoms with Crippen molar-refractivity contribution < 1.29 is 9.18 Å². The Kier molecular flexibility index (Phi) is 3.16. The summed E-state index contributed by atoms with van der Waals surface area (Å²) in [6, 6.07) is 11.6. The molecule has 1 aromatic carbocycles. The third kappa shape index (κ3) is 2.38. The fourth-order valence-electron chi connectivity index (χ4n) is 1.98. The molecule has 20 heavy (non-hydrogen) atoms. The summed E-state index contributed by atoms with van der Waals surface area (Å²) in [5.74, 6) is -0.972. The van der Waals surface area contributed by atoms with Crippen LogP contribution in [0.2, 0.25) is 0 Å². The van der Waals surface area contributed by atoms with E-state index in [1.165, 1.54) is 12.1 Å². The van der Waals surface area contributed by atoms with Crippen LogP contribution in [-0.4, -0.2) is 15.3 Å². The summed E-state index contributed by atoms with van der Waals surface area (Å²) in [6.07, 6.45) is 3.71. The van der Waals surface area contributed by atoms with Crippen molar-refractivity contribution in [2.24, 2.45) is 0 Å². The molecule has 4 nitrogen and oxygen atoms in total. The SMILES string of the molecule is O=C(NCc1cn2ccccc2n1)c1ccccc1F. The van der Waals surface area contributed by atoms with Crippen molar-refractivity contribution >= 4 is 11.6 Å². The normalized spacial score (nSPS) is 10.7. The Balaban J connectivity index is 1.73. The molecule has 0 aliphatic carbocycles. The smallest absolute Gasteiger partial charge is 0.254 e. The predicted octanol–water partition coefficient (Wildman–Crippen LogP) is 2.40. The third-order valence-corrected chi connectivity index (χ3v) is 2.96. The van der Waals surface area contributed by atoms with E-state index in [0.717, 1.165) is 11.3 Å². The molecule has 3 rings (SSSR count). The van der Waals surface area contributed by atoms with Gasteiger partial charge in [0.1, 0.15) is 11.5 Å². The lowest BCUT2D eigenvalue weighted by atomic mass is 10.2. The van der Waals surface area contributed by atoms with Gasteiger partial charge in [-0.05, 0) is 24.3 Å². The number of amides is 1. The minimum atomic E-state index is -0.528. The Hall–Kier alpha value is -2.69. The zero-order chi connectivity index (χ0) is 13.9.